The Labute approximate surface area is 157 Å². The summed E-state index contributed by atoms with van der Waals surface area (Å²) >= 11 is 0. The maximum Gasteiger partial charge on any atom is 0.253 e. The first-order valence-electron chi connectivity index (χ1n) is 9.00. The van der Waals surface area contributed by atoms with Gasteiger partial charge in [0.25, 0.3) is 5.91 Å². The van der Waals surface area contributed by atoms with E-state index < -0.39 is 0 Å². The molecule has 1 aromatic carbocycles. The van der Waals surface area contributed by atoms with Crippen LogP contribution in [0.15, 0.2) is 61.2 Å². The number of benzene rings is 1. The van der Waals surface area contributed by atoms with Gasteiger partial charge >= 0.3 is 0 Å². The molecular weight excluding hydrogens is 340 g/mol. The molecule has 136 valence electrons. The van der Waals surface area contributed by atoms with Crippen molar-refractivity contribution in [2.45, 2.75) is 18.8 Å². The van der Waals surface area contributed by atoms with Gasteiger partial charge in [-0.25, -0.2) is 15.0 Å². The predicted molar refractivity (Wildman–Crippen MR) is 102 cm³/mol. The summed E-state index contributed by atoms with van der Waals surface area (Å²) in [6.07, 6.45) is 8.39. The monoisotopic (exact) mass is 360 g/mol. The topological polar surface area (TPSA) is 83.9 Å². The third kappa shape index (κ3) is 4.08. The average molecular weight is 360 g/mol. The maximum absolute atomic E-state index is 12.6. The van der Waals surface area contributed by atoms with Gasteiger partial charge in [0.05, 0.1) is 6.20 Å². The predicted octanol–water partition coefficient (Wildman–Crippen LogP) is 3.03. The number of hydrogen-bond donors (Lipinski definition) is 1. The van der Waals surface area contributed by atoms with E-state index in [1.54, 1.807) is 24.8 Å². The Morgan fingerprint density at radius 3 is 2.56 bits per heavy atom. The Morgan fingerprint density at radius 1 is 1.00 bits per heavy atom. The SMILES string of the molecule is O=C(c1ccccc1)N1CCC(c2ccnc(Nc3cnccn3)n2)CC1. The largest absolute Gasteiger partial charge is 0.339 e. The normalized spacial score (nSPS) is 14.7. The van der Waals surface area contributed by atoms with Gasteiger partial charge in [0.15, 0.2) is 5.82 Å². The zero-order valence-corrected chi connectivity index (χ0v) is 14.8. The first-order valence-corrected chi connectivity index (χ1v) is 9.00. The standard InChI is InChI=1S/C20H20N6O/c27-19(16-4-2-1-3-5-16)26-12-7-15(8-13-26)17-6-9-23-20(24-17)25-18-14-21-10-11-22-18/h1-6,9-11,14-15H,7-8,12-13H2,(H,22,23,24,25). The molecule has 1 amide bonds. The highest BCUT2D eigenvalue weighted by Gasteiger charge is 2.25. The number of nitrogens with one attached hydrogen (secondary N) is 1. The van der Waals surface area contributed by atoms with Crippen LogP contribution in [-0.2, 0) is 0 Å². The number of nitrogens with zero attached hydrogens (tertiary/aromatic N) is 5. The van der Waals surface area contributed by atoms with E-state index in [-0.39, 0.29) is 5.91 Å². The number of carbonyl (C=O) groups excluding carboxylic acids is 1. The van der Waals surface area contributed by atoms with Crippen LogP contribution in [0.2, 0.25) is 0 Å². The highest BCUT2D eigenvalue weighted by atomic mass is 16.2. The molecule has 0 atom stereocenters. The molecule has 1 saturated heterocycles. The van der Waals surface area contributed by atoms with Crippen LogP contribution in [0.4, 0.5) is 11.8 Å². The Morgan fingerprint density at radius 2 is 1.81 bits per heavy atom. The van der Waals surface area contributed by atoms with Crippen molar-refractivity contribution in [2.24, 2.45) is 0 Å². The number of amides is 1. The molecule has 0 spiro atoms. The van der Waals surface area contributed by atoms with Gasteiger partial charge in [0.2, 0.25) is 5.95 Å². The van der Waals surface area contributed by atoms with E-state index in [2.05, 4.69) is 25.3 Å². The van der Waals surface area contributed by atoms with E-state index in [1.165, 1.54) is 0 Å². The molecule has 1 fully saturated rings. The van der Waals surface area contributed by atoms with E-state index in [0.717, 1.165) is 37.2 Å². The molecule has 0 aliphatic carbocycles. The number of aromatic nitrogens is 4. The van der Waals surface area contributed by atoms with Gasteiger partial charge in [0.1, 0.15) is 0 Å². The lowest BCUT2D eigenvalue weighted by atomic mass is 9.93. The molecule has 1 aliphatic rings. The Hall–Kier alpha value is -3.35. The fourth-order valence-electron chi connectivity index (χ4n) is 3.28. The molecular formula is C20H20N6O. The summed E-state index contributed by atoms with van der Waals surface area (Å²) in [5.74, 6) is 1.53. The van der Waals surface area contributed by atoms with Crippen molar-refractivity contribution in [2.75, 3.05) is 18.4 Å². The third-order valence-electron chi connectivity index (χ3n) is 4.70. The molecule has 3 heterocycles. The molecule has 2 aromatic heterocycles. The van der Waals surface area contributed by atoms with Crippen LogP contribution in [0.25, 0.3) is 0 Å². The van der Waals surface area contributed by atoms with Crippen molar-refractivity contribution in [3.63, 3.8) is 0 Å². The van der Waals surface area contributed by atoms with Crippen LogP contribution >= 0.6 is 0 Å². The van der Waals surface area contributed by atoms with Gasteiger partial charge in [-0.2, -0.15) is 0 Å². The second kappa shape index (κ2) is 7.90. The smallest absolute Gasteiger partial charge is 0.253 e. The molecule has 1 N–H and O–H groups in total. The van der Waals surface area contributed by atoms with E-state index in [0.29, 0.717) is 17.7 Å². The lowest BCUT2D eigenvalue weighted by molar-refractivity contribution is 0.0712. The van der Waals surface area contributed by atoms with Crippen molar-refractivity contribution in [3.05, 3.63) is 72.4 Å². The van der Waals surface area contributed by atoms with Crippen molar-refractivity contribution in [1.29, 1.82) is 0 Å². The van der Waals surface area contributed by atoms with Crippen molar-refractivity contribution in [3.8, 4) is 0 Å². The van der Waals surface area contributed by atoms with Gasteiger partial charge < -0.3 is 10.2 Å². The lowest BCUT2D eigenvalue weighted by Crippen LogP contribution is -2.38. The molecule has 0 radical (unpaired) electrons. The molecule has 0 bridgehead atoms. The minimum absolute atomic E-state index is 0.0988. The van der Waals surface area contributed by atoms with Crippen LogP contribution in [-0.4, -0.2) is 43.8 Å². The number of rotatable bonds is 4. The minimum atomic E-state index is 0.0988. The minimum Gasteiger partial charge on any atom is -0.339 e. The maximum atomic E-state index is 12.6. The van der Waals surface area contributed by atoms with Crippen LogP contribution in [0.5, 0.6) is 0 Å². The fourth-order valence-corrected chi connectivity index (χ4v) is 3.28. The second-order valence-corrected chi connectivity index (χ2v) is 6.45. The van der Waals surface area contributed by atoms with Crippen LogP contribution < -0.4 is 5.32 Å². The summed E-state index contributed by atoms with van der Waals surface area (Å²) in [7, 11) is 0. The van der Waals surface area contributed by atoms with Gasteiger partial charge in [-0.15, -0.1) is 0 Å². The molecule has 1 aliphatic heterocycles. The summed E-state index contributed by atoms with van der Waals surface area (Å²) in [6.45, 7) is 1.46. The Bertz CT molecular complexity index is 895. The van der Waals surface area contributed by atoms with E-state index in [4.69, 9.17) is 0 Å². The van der Waals surface area contributed by atoms with E-state index >= 15 is 0 Å². The van der Waals surface area contributed by atoms with E-state index in [9.17, 15) is 4.79 Å². The summed E-state index contributed by atoms with van der Waals surface area (Å²) in [6, 6.07) is 11.4. The quantitative estimate of drug-likeness (QED) is 0.770. The molecule has 7 nitrogen and oxygen atoms in total. The first-order chi connectivity index (χ1) is 13.3. The first kappa shape index (κ1) is 17.1. The molecule has 4 rings (SSSR count). The summed E-state index contributed by atoms with van der Waals surface area (Å²) in [5, 5.41) is 3.07. The third-order valence-corrected chi connectivity index (χ3v) is 4.70. The van der Waals surface area contributed by atoms with Crippen LogP contribution in [0, 0.1) is 0 Å². The summed E-state index contributed by atoms with van der Waals surface area (Å²) in [5.41, 5.74) is 1.73. The highest BCUT2D eigenvalue weighted by molar-refractivity contribution is 5.94. The van der Waals surface area contributed by atoms with Gasteiger partial charge in [-0.3, -0.25) is 9.78 Å². The van der Waals surface area contributed by atoms with Crippen molar-refractivity contribution >= 4 is 17.7 Å². The van der Waals surface area contributed by atoms with Crippen molar-refractivity contribution in [1.82, 2.24) is 24.8 Å². The number of carbonyl (C=O) groups is 1. The number of hydrogen-bond acceptors (Lipinski definition) is 6. The molecule has 7 heteroatoms. The molecule has 3 aromatic rings. The van der Waals surface area contributed by atoms with Crippen LogP contribution in [0.3, 0.4) is 0 Å². The van der Waals surface area contributed by atoms with Gasteiger partial charge in [-0.05, 0) is 31.0 Å². The molecule has 0 saturated carbocycles. The summed E-state index contributed by atoms with van der Waals surface area (Å²) < 4.78 is 0. The number of piperidine rings is 1. The lowest BCUT2D eigenvalue weighted by Gasteiger charge is -2.31. The van der Waals surface area contributed by atoms with E-state index in [1.807, 2.05) is 41.3 Å². The summed E-state index contributed by atoms with van der Waals surface area (Å²) in [4.78, 5) is 31.6. The second-order valence-electron chi connectivity index (χ2n) is 6.45. The Kier molecular flexibility index (Phi) is 5.00. The zero-order valence-electron chi connectivity index (χ0n) is 14.8. The number of likely N-dealkylation sites (tertiary alicyclic amines) is 1. The van der Waals surface area contributed by atoms with Crippen LogP contribution in [0.1, 0.15) is 34.8 Å². The zero-order chi connectivity index (χ0) is 18.5. The Balaban J connectivity index is 1.40. The highest BCUT2D eigenvalue weighted by Crippen LogP contribution is 2.28. The van der Waals surface area contributed by atoms with Crippen molar-refractivity contribution < 1.29 is 4.79 Å². The number of anilines is 2. The molecule has 27 heavy (non-hydrogen) atoms. The molecule has 0 unspecified atom stereocenters. The fraction of sp³-hybridized carbons (Fsp3) is 0.250. The average Bonchev–Trinajstić information content (AvgIpc) is 2.75. The van der Waals surface area contributed by atoms with Gasteiger partial charge in [0, 0.05) is 48.9 Å². The van der Waals surface area contributed by atoms with Gasteiger partial charge in [-0.1, -0.05) is 18.2 Å².